The van der Waals surface area contributed by atoms with Gasteiger partial charge in [-0.25, -0.2) is 0 Å². The van der Waals surface area contributed by atoms with Gasteiger partial charge in [0.2, 0.25) is 5.91 Å². The van der Waals surface area contributed by atoms with Gasteiger partial charge in [0.1, 0.15) is 24.4 Å². The maximum Gasteiger partial charge on any atom is 0.220 e. The van der Waals surface area contributed by atoms with E-state index in [0.29, 0.717) is 12.8 Å². The molecule has 1 heterocycles. The molecule has 6 N–H and O–H groups in total. The fraction of sp³-hybridized carbons (Fsp3) is 0.861. The molecule has 88 heavy (non-hydrogen) atoms. The van der Waals surface area contributed by atoms with E-state index in [4.69, 9.17) is 9.47 Å². The van der Waals surface area contributed by atoms with Crippen LogP contribution in [0.2, 0.25) is 0 Å². The second kappa shape index (κ2) is 67.8. The minimum absolute atomic E-state index is 0.136. The molecule has 0 saturated carbocycles. The monoisotopic (exact) mass is 1240 g/mol. The molecule has 9 heteroatoms. The lowest BCUT2D eigenvalue weighted by atomic mass is 9.99. The van der Waals surface area contributed by atoms with E-state index in [1.165, 1.54) is 283 Å². The number of nitrogens with one attached hydrogen (secondary N) is 1. The molecule has 0 aromatic rings. The van der Waals surface area contributed by atoms with Gasteiger partial charge >= 0.3 is 0 Å². The fourth-order valence-electron chi connectivity index (χ4n) is 12.4. The molecule has 1 saturated heterocycles. The van der Waals surface area contributed by atoms with Crippen molar-refractivity contribution in [3.05, 3.63) is 60.8 Å². The van der Waals surface area contributed by atoms with Crippen LogP contribution in [0.25, 0.3) is 0 Å². The molecule has 0 bridgehead atoms. The van der Waals surface area contributed by atoms with Crippen LogP contribution in [0.5, 0.6) is 0 Å². The largest absolute Gasteiger partial charge is 0.394 e. The van der Waals surface area contributed by atoms with Crippen LogP contribution in [0.15, 0.2) is 60.8 Å². The van der Waals surface area contributed by atoms with Crippen LogP contribution in [0.4, 0.5) is 0 Å². The third-order valence-electron chi connectivity index (χ3n) is 18.4. The molecule has 0 radical (unpaired) electrons. The predicted octanol–water partition coefficient (Wildman–Crippen LogP) is 21.7. The van der Waals surface area contributed by atoms with Crippen LogP contribution in [0, 0.1) is 0 Å². The van der Waals surface area contributed by atoms with Gasteiger partial charge in [-0.3, -0.25) is 4.79 Å². The lowest BCUT2D eigenvalue weighted by molar-refractivity contribution is -0.302. The third kappa shape index (κ3) is 55.5. The maximum absolute atomic E-state index is 13.2. The highest BCUT2D eigenvalue weighted by Crippen LogP contribution is 2.24. The van der Waals surface area contributed by atoms with Crippen LogP contribution >= 0.6 is 0 Å². The summed E-state index contributed by atoms with van der Waals surface area (Å²) in [6.45, 7) is 3.78. The summed E-state index contributed by atoms with van der Waals surface area (Å²) in [5.74, 6) is -0.138. The van der Waals surface area contributed by atoms with Gasteiger partial charge in [0.05, 0.1) is 25.4 Å². The molecule has 1 fully saturated rings. The van der Waals surface area contributed by atoms with Gasteiger partial charge in [-0.15, -0.1) is 0 Å². The lowest BCUT2D eigenvalue weighted by Gasteiger charge is -2.40. The van der Waals surface area contributed by atoms with Crippen molar-refractivity contribution >= 4 is 5.91 Å². The highest BCUT2D eigenvalue weighted by Gasteiger charge is 2.44. The number of unbranched alkanes of at least 4 members (excludes halogenated alkanes) is 48. The Bertz CT molecular complexity index is 1580. The summed E-state index contributed by atoms with van der Waals surface area (Å²) in [5, 5.41) is 55.1. The van der Waals surface area contributed by atoms with Gasteiger partial charge in [0.15, 0.2) is 6.29 Å². The predicted molar refractivity (Wildman–Crippen MR) is 378 cm³/mol. The summed E-state index contributed by atoms with van der Waals surface area (Å²) < 4.78 is 11.4. The average molecular weight is 1240 g/mol. The van der Waals surface area contributed by atoms with E-state index in [9.17, 15) is 30.3 Å². The number of rotatable bonds is 68. The zero-order valence-corrected chi connectivity index (χ0v) is 58.0. The summed E-state index contributed by atoms with van der Waals surface area (Å²) in [6.07, 6.45) is 87.4. The zero-order chi connectivity index (χ0) is 63.5. The van der Waals surface area contributed by atoms with Gasteiger partial charge in [-0.2, -0.15) is 0 Å². The standard InChI is InChI=1S/C79H147NO8/c1-3-5-7-9-11-13-15-17-19-21-23-25-27-29-31-33-35-37-39-41-43-45-47-49-51-53-55-57-59-61-63-65-67-69-75(83)80-72(71-87-79-78(86)77(85)76(84)74(70-81)88-79)73(82)68-66-64-62-60-58-56-54-52-50-48-46-44-42-40-38-36-34-32-30-28-26-24-22-20-18-16-14-12-10-8-6-4-2/h5,7,11,13,17,19,23,25,29,31,72-74,76-79,81-82,84-86H,3-4,6,8-10,12,14-16,18,20-22,24,26-28,30,32-71H2,1-2H3,(H,80,83)/b7-5-,13-11-,19-17-,25-23-,31-29-. The van der Waals surface area contributed by atoms with Gasteiger partial charge in [-0.1, -0.05) is 376 Å². The Balaban J connectivity index is 2.07. The molecular weight excluding hydrogens is 1090 g/mol. The van der Waals surface area contributed by atoms with Crippen molar-refractivity contribution < 1.29 is 39.8 Å². The molecule has 7 unspecified atom stereocenters. The molecule has 0 aromatic carbocycles. The number of amides is 1. The summed E-state index contributed by atoms with van der Waals surface area (Å²) in [7, 11) is 0. The van der Waals surface area contributed by atoms with Crippen molar-refractivity contribution in [3.8, 4) is 0 Å². The number of ether oxygens (including phenoxy) is 2. The summed E-state index contributed by atoms with van der Waals surface area (Å²) in [4.78, 5) is 13.2. The first-order chi connectivity index (χ1) is 43.3. The zero-order valence-electron chi connectivity index (χ0n) is 58.0. The maximum atomic E-state index is 13.2. The summed E-state index contributed by atoms with van der Waals surface area (Å²) >= 11 is 0. The van der Waals surface area contributed by atoms with Crippen LogP contribution in [0.1, 0.15) is 380 Å². The van der Waals surface area contributed by atoms with E-state index in [2.05, 4.69) is 79.9 Å². The van der Waals surface area contributed by atoms with Crippen LogP contribution in [-0.4, -0.2) is 87.5 Å². The SMILES string of the molecule is CC/C=C\C/C=C\C/C=C\C/C=C\C/C=C\CCCCCCCCCCCCCCCCCCCC(=O)NC(COC1OC(CO)C(O)C(O)C1O)C(O)CCCCCCCCCCCCCCCCCCCCCCCCCCCCCCCCCC. The molecule has 0 aromatic heterocycles. The van der Waals surface area contributed by atoms with Gasteiger partial charge in [-0.05, 0) is 57.8 Å². The second-order valence-corrected chi connectivity index (χ2v) is 26.8. The fourth-order valence-corrected chi connectivity index (χ4v) is 12.4. The van der Waals surface area contributed by atoms with Crippen LogP contribution in [0.3, 0.4) is 0 Å². The average Bonchev–Trinajstić information content (AvgIpc) is 3.65. The lowest BCUT2D eigenvalue weighted by Crippen LogP contribution is -2.60. The van der Waals surface area contributed by atoms with Crippen LogP contribution in [-0.2, 0) is 14.3 Å². The molecule has 9 nitrogen and oxygen atoms in total. The molecule has 516 valence electrons. The first-order valence-corrected chi connectivity index (χ1v) is 38.5. The molecule has 1 amide bonds. The van der Waals surface area contributed by atoms with Crippen molar-refractivity contribution in [2.75, 3.05) is 13.2 Å². The molecular formula is C79H147NO8. The number of aliphatic hydroxyl groups is 5. The highest BCUT2D eigenvalue weighted by atomic mass is 16.7. The minimum atomic E-state index is -1.56. The first-order valence-electron chi connectivity index (χ1n) is 38.5. The molecule has 1 rings (SSSR count). The second-order valence-electron chi connectivity index (χ2n) is 26.8. The van der Waals surface area contributed by atoms with Gasteiger partial charge in [0.25, 0.3) is 0 Å². The van der Waals surface area contributed by atoms with E-state index in [-0.39, 0.29) is 12.5 Å². The van der Waals surface area contributed by atoms with Crippen molar-refractivity contribution in [1.29, 1.82) is 0 Å². The molecule has 0 aliphatic carbocycles. The van der Waals surface area contributed by atoms with E-state index < -0.39 is 49.5 Å². The van der Waals surface area contributed by atoms with Crippen LogP contribution < -0.4 is 5.32 Å². The highest BCUT2D eigenvalue weighted by molar-refractivity contribution is 5.76. The Morgan fingerprint density at radius 1 is 0.398 bits per heavy atom. The van der Waals surface area contributed by atoms with Crippen molar-refractivity contribution in [1.82, 2.24) is 5.32 Å². The van der Waals surface area contributed by atoms with Crippen molar-refractivity contribution in [2.45, 2.75) is 423 Å². The Labute approximate surface area is 545 Å². The summed E-state index contributed by atoms with van der Waals surface area (Å²) in [6, 6.07) is -0.722. The van der Waals surface area contributed by atoms with E-state index in [0.717, 1.165) is 70.6 Å². The third-order valence-corrected chi connectivity index (χ3v) is 18.4. The number of carbonyl (C=O) groups excluding carboxylic acids is 1. The summed E-state index contributed by atoms with van der Waals surface area (Å²) in [5.41, 5.74) is 0. The number of hydrogen-bond acceptors (Lipinski definition) is 8. The van der Waals surface area contributed by atoms with Crippen molar-refractivity contribution in [3.63, 3.8) is 0 Å². The topological polar surface area (TPSA) is 149 Å². The Hall–Kier alpha value is -2.11. The molecule has 0 spiro atoms. The van der Waals surface area contributed by atoms with E-state index in [1.54, 1.807) is 0 Å². The number of aliphatic hydroxyl groups excluding tert-OH is 5. The number of hydrogen-bond donors (Lipinski definition) is 6. The first kappa shape index (κ1) is 83.9. The quantitative estimate of drug-likeness (QED) is 0.0261. The Kier molecular flexibility index (Phi) is 64.6. The van der Waals surface area contributed by atoms with E-state index in [1.807, 2.05) is 0 Å². The van der Waals surface area contributed by atoms with Crippen molar-refractivity contribution in [2.24, 2.45) is 0 Å². The molecule has 7 atom stereocenters. The minimum Gasteiger partial charge on any atom is -0.394 e. The Morgan fingerprint density at radius 3 is 1.05 bits per heavy atom. The number of carbonyl (C=O) groups is 1. The number of allylic oxidation sites excluding steroid dienone is 10. The smallest absolute Gasteiger partial charge is 0.220 e. The van der Waals surface area contributed by atoms with E-state index >= 15 is 0 Å². The Morgan fingerprint density at radius 2 is 0.705 bits per heavy atom. The van der Waals surface area contributed by atoms with Gasteiger partial charge in [0, 0.05) is 6.42 Å². The normalized spacial score (nSPS) is 18.2. The van der Waals surface area contributed by atoms with Gasteiger partial charge < -0.3 is 40.3 Å². The molecule has 1 aliphatic rings. The molecule has 1 aliphatic heterocycles.